The second-order valence-corrected chi connectivity index (χ2v) is 5.11. The van der Waals surface area contributed by atoms with Crippen molar-refractivity contribution in [2.75, 3.05) is 11.9 Å². The second-order valence-electron chi connectivity index (χ2n) is 4.40. The normalized spacial score (nSPS) is 10.8. The van der Waals surface area contributed by atoms with Gasteiger partial charge in [0.05, 0.1) is 0 Å². The summed E-state index contributed by atoms with van der Waals surface area (Å²) in [4.78, 5) is 2.05. The molecular formula is C12H16N4S. The third-order valence-electron chi connectivity index (χ3n) is 2.68. The van der Waals surface area contributed by atoms with Gasteiger partial charge in [-0.3, -0.25) is 0 Å². The van der Waals surface area contributed by atoms with Gasteiger partial charge in [-0.25, -0.2) is 0 Å². The van der Waals surface area contributed by atoms with Crippen LogP contribution in [-0.4, -0.2) is 21.8 Å². The molecule has 2 rings (SSSR count). The lowest BCUT2D eigenvalue weighted by Crippen LogP contribution is -2.16. The molecule has 0 bridgehead atoms. The van der Waals surface area contributed by atoms with Gasteiger partial charge in [0.2, 0.25) is 5.13 Å². The molecule has 2 aromatic rings. The zero-order chi connectivity index (χ0) is 12.3. The number of rotatable bonds is 4. The lowest BCUT2D eigenvalue weighted by molar-refractivity contribution is 0.855. The first kappa shape index (κ1) is 12.0. The van der Waals surface area contributed by atoms with Crippen LogP contribution in [0.2, 0.25) is 0 Å². The summed E-state index contributed by atoms with van der Waals surface area (Å²) in [6.45, 7) is 5.23. The molecule has 1 heterocycles. The topological polar surface area (TPSA) is 41.9 Å². The van der Waals surface area contributed by atoms with Crippen molar-refractivity contribution in [3.63, 3.8) is 0 Å². The minimum Gasteiger partial charge on any atom is -0.344 e. The van der Waals surface area contributed by atoms with Crippen LogP contribution in [0.3, 0.4) is 0 Å². The van der Waals surface area contributed by atoms with Gasteiger partial charge in [0, 0.05) is 25.1 Å². The van der Waals surface area contributed by atoms with Crippen molar-refractivity contribution in [3.8, 4) is 0 Å². The van der Waals surface area contributed by atoms with Gasteiger partial charge in [0.25, 0.3) is 0 Å². The van der Waals surface area contributed by atoms with Gasteiger partial charge in [0.1, 0.15) is 0 Å². The summed E-state index contributed by atoms with van der Waals surface area (Å²) in [5.41, 5.74) is 2.64. The summed E-state index contributed by atoms with van der Waals surface area (Å²) in [5, 5.41) is 8.39. The molecule has 1 aromatic heterocycles. The number of hydrogen-bond donors (Lipinski definition) is 0. The maximum Gasteiger partial charge on any atom is 0.227 e. The lowest BCUT2D eigenvalue weighted by Gasteiger charge is -2.15. The Bertz CT molecular complexity index is 450. The fraction of sp³-hybridized carbons (Fsp3) is 0.417. The van der Waals surface area contributed by atoms with E-state index < -0.39 is 0 Å². The van der Waals surface area contributed by atoms with Crippen LogP contribution in [0.5, 0.6) is 0 Å². The molecule has 0 fully saturated rings. The molecule has 5 heteroatoms. The molecular weight excluding hydrogens is 232 g/mol. The zero-order valence-electron chi connectivity index (χ0n) is 10.3. The van der Waals surface area contributed by atoms with E-state index in [9.17, 15) is 0 Å². The largest absolute Gasteiger partial charge is 0.344 e. The highest BCUT2D eigenvalue weighted by atomic mass is 32.1. The Morgan fingerprint density at radius 2 is 1.94 bits per heavy atom. The maximum atomic E-state index is 3.94. The van der Waals surface area contributed by atoms with Gasteiger partial charge in [-0.2, -0.15) is 0 Å². The van der Waals surface area contributed by atoms with Crippen molar-refractivity contribution in [3.05, 3.63) is 35.4 Å². The van der Waals surface area contributed by atoms with E-state index >= 15 is 0 Å². The fourth-order valence-electron chi connectivity index (χ4n) is 1.63. The molecule has 1 aromatic carbocycles. The Kier molecular flexibility index (Phi) is 3.68. The second kappa shape index (κ2) is 5.23. The van der Waals surface area contributed by atoms with Crippen LogP contribution >= 0.6 is 11.5 Å². The first-order chi connectivity index (χ1) is 8.16. The minimum absolute atomic E-state index is 0.578. The van der Waals surface area contributed by atoms with Crippen LogP contribution in [0.1, 0.15) is 30.9 Å². The van der Waals surface area contributed by atoms with Crippen molar-refractivity contribution < 1.29 is 0 Å². The van der Waals surface area contributed by atoms with E-state index in [1.807, 2.05) is 7.05 Å². The summed E-state index contributed by atoms with van der Waals surface area (Å²) < 4.78 is 3.76. The summed E-state index contributed by atoms with van der Waals surface area (Å²) >= 11 is 1.31. The van der Waals surface area contributed by atoms with Crippen LogP contribution in [0.15, 0.2) is 24.3 Å². The molecule has 17 heavy (non-hydrogen) atoms. The molecule has 4 nitrogen and oxygen atoms in total. The van der Waals surface area contributed by atoms with E-state index in [1.165, 1.54) is 22.7 Å². The average Bonchev–Trinajstić information content (AvgIpc) is 2.83. The molecule has 0 atom stereocenters. The summed E-state index contributed by atoms with van der Waals surface area (Å²) in [6, 6.07) is 8.71. The highest BCUT2D eigenvalue weighted by Gasteiger charge is 2.06. The number of hydrogen-bond acceptors (Lipinski definition) is 5. The molecule has 0 aliphatic carbocycles. The SMILES string of the molecule is CC(C)c1ccc(CN(C)c2nnns2)cc1. The Morgan fingerprint density at radius 3 is 2.47 bits per heavy atom. The van der Waals surface area contributed by atoms with E-state index in [2.05, 4.69) is 57.8 Å². The van der Waals surface area contributed by atoms with Crippen molar-refractivity contribution in [2.45, 2.75) is 26.3 Å². The monoisotopic (exact) mass is 248 g/mol. The van der Waals surface area contributed by atoms with Crippen molar-refractivity contribution in [1.82, 2.24) is 14.8 Å². The molecule has 0 amide bonds. The van der Waals surface area contributed by atoms with Gasteiger partial charge >= 0.3 is 0 Å². The van der Waals surface area contributed by atoms with Crippen LogP contribution in [-0.2, 0) is 6.54 Å². The first-order valence-corrected chi connectivity index (χ1v) is 6.39. The van der Waals surface area contributed by atoms with E-state index in [-0.39, 0.29) is 0 Å². The molecule has 0 radical (unpaired) electrons. The Labute approximate surface area is 105 Å². The Morgan fingerprint density at radius 1 is 1.24 bits per heavy atom. The smallest absolute Gasteiger partial charge is 0.227 e. The van der Waals surface area contributed by atoms with Crippen LogP contribution in [0, 0.1) is 0 Å². The van der Waals surface area contributed by atoms with Crippen LogP contribution in [0.25, 0.3) is 0 Å². The van der Waals surface area contributed by atoms with Crippen LogP contribution < -0.4 is 4.90 Å². The molecule has 0 aliphatic rings. The number of benzene rings is 1. The lowest BCUT2D eigenvalue weighted by atomic mass is 10.0. The van der Waals surface area contributed by atoms with Crippen molar-refractivity contribution in [2.24, 2.45) is 0 Å². The van der Waals surface area contributed by atoms with Gasteiger partial charge < -0.3 is 4.90 Å². The van der Waals surface area contributed by atoms with Gasteiger partial charge in [-0.15, -0.1) is 0 Å². The highest BCUT2D eigenvalue weighted by Crippen LogP contribution is 2.18. The number of anilines is 1. The molecule has 0 spiro atoms. The summed E-state index contributed by atoms with van der Waals surface area (Å²) in [5.74, 6) is 0.578. The number of nitrogens with zero attached hydrogens (tertiary/aromatic N) is 4. The summed E-state index contributed by atoms with van der Waals surface area (Å²) in [6.07, 6.45) is 0. The molecule has 0 unspecified atom stereocenters. The van der Waals surface area contributed by atoms with Crippen molar-refractivity contribution >= 4 is 16.7 Å². The molecule has 90 valence electrons. The van der Waals surface area contributed by atoms with E-state index in [4.69, 9.17) is 0 Å². The van der Waals surface area contributed by atoms with E-state index in [0.717, 1.165) is 11.7 Å². The average molecular weight is 248 g/mol. The number of aromatic nitrogens is 3. The quantitative estimate of drug-likeness (QED) is 0.834. The van der Waals surface area contributed by atoms with Gasteiger partial charge in [-0.05, 0) is 22.3 Å². The van der Waals surface area contributed by atoms with Crippen molar-refractivity contribution in [1.29, 1.82) is 0 Å². The van der Waals surface area contributed by atoms with E-state index in [0.29, 0.717) is 5.92 Å². The molecule has 0 aliphatic heterocycles. The first-order valence-electron chi connectivity index (χ1n) is 5.62. The van der Waals surface area contributed by atoms with E-state index in [1.54, 1.807) is 0 Å². The fourth-order valence-corrected chi connectivity index (χ4v) is 2.05. The molecule has 0 saturated heterocycles. The Hall–Kier alpha value is -1.49. The highest BCUT2D eigenvalue weighted by molar-refractivity contribution is 7.09. The molecule has 0 saturated carbocycles. The third-order valence-corrected chi connectivity index (χ3v) is 3.39. The van der Waals surface area contributed by atoms with Crippen LogP contribution in [0.4, 0.5) is 5.13 Å². The Balaban J connectivity index is 2.04. The summed E-state index contributed by atoms with van der Waals surface area (Å²) in [7, 11) is 2.00. The predicted molar refractivity (Wildman–Crippen MR) is 70.3 cm³/mol. The molecule has 0 N–H and O–H groups in total. The zero-order valence-corrected chi connectivity index (χ0v) is 11.1. The minimum atomic E-state index is 0.578. The van der Waals surface area contributed by atoms with Gasteiger partial charge in [-0.1, -0.05) is 47.7 Å². The standard InChI is InChI=1S/C12H16N4S/c1-9(2)11-6-4-10(5-7-11)8-16(3)12-13-14-15-17-12/h4-7,9H,8H2,1-3H3. The van der Waals surface area contributed by atoms with Gasteiger partial charge in [0.15, 0.2) is 0 Å². The predicted octanol–water partition coefficient (Wildman–Crippen LogP) is 2.69. The third kappa shape index (κ3) is 3.00. The maximum absolute atomic E-state index is 3.94.